The van der Waals surface area contributed by atoms with Gasteiger partial charge >= 0.3 is 0 Å². The number of carbonyl (C=O) groups excluding carboxylic acids is 1. The Morgan fingerprint density at radius 3 is 3.00 bits per heavy atom. The number of carbonyl (C=O) groups is 1. The van der Waals surface area contributed by atoms with Crippen LogP contribution in [-0.2, 0) is 0 Å². The van der Waals surface area contributed by atoms with Crippen LogP contribution in [0.2, 0.25) is 0 Å². The molecular formula is C14H21BrN4O. The fourth-order valence-corrected chi connectivity index (χ4v) is 3.00. The summed E-state index contributed by atoms with van der Waals surface area (Å²) in [5.74, 6) is 0.696. The zero-order valence-corrected chi connectivity index (χ0v) is 13.8. The van der Waals surface area contributed by atoms with Crippen LogP contribution in [0.5, 0.6) is 0 Å². The van der Waals surface area contributed by atoms with Crippen LogP contribution in [0.15, 0.2) is 16.7 Å². The number of hydrogen-bond acceptors (Lipinski definition) is 4. The summed E-state index contributed by atoms with van der Waals surface area (Å²) in [7, 11) is 5.87. The fourth-order valence-electron chi connectivity index (χ4n) is 2.67. The van der Waals surface area contributed by atoms with Crippen molar-refractivity contribution in [2.45, 2.75) is 18.9 Å². The summed E-state index contributed by atoms with van der Waals surface area (Å²) < 4.78 is 0.822. The zero-order chi connectivity index (χ0) is 14.7. The van der Waals surface area contributed by atoms with E-state index in [0.29, 0.717) is 17.4 Å². The van der Waals surface area contributed by atoms with Crippen molar-refractivity contribution < 1.29 is 4.79 Å². The predicted molar refractivity (Wildman–Crippen MR) is 84.1 cm³/mol. The average Bonchev–Trinajstić information content (AvgIpc) is 2.85. The van der Waals surface area contributed by atoms with Gasteiger partial charge < -0.3 is 15.1 Å². The van der Waals surface area contributed by atoms with Crippen molar-refractivity contribution in [3.05, 3.63) is 22.3 Å². The van der Waals surface area contributed by atoms with Crippen molar-refractivity contribution in [3.63, 3.8) is 0 Å². The number of nitrogens with one attached hydrogen (secondary N) is 1. The van der Waals surface area contributed by atoms with Gasteiger partial charge in [0.05, 0.1) is 5.56 Å². The first-order valence-electron chi connectivity index (χ1n) is 6.82. The second-order valence-electron chi connectivity index (χ2n) is 5.36. The molecule has 1 amide bonds. The number of anilines is 1. The maximum atomic E-state index is 12.8. The second kappa shape index (κ2) is 6.54. The van der Waals surface area contributed by atoms with E-state index in [1.54, 1.807) is 13.2 Å². The summed E-state index contributed by atoms with van der Waals surface area (Å²) in [4.78, 5) is 21.1. The molecule has 0 aromatic carbocycles. The van der Waals surface area contributed by atoms with Crippen LogP contribution < -0.4 is 5.32 Å². The number of halogens is 1. The van der Waals surface area contributed by atoms with Crippen LogP contribution in [-0.4, -0.2) is 61.0 Å². The van der Waals surface area contributed by atoms with Crippen molar-refractivity contribution in [3.8, 4) is 0 Å². The third-order valence-corrected chi connectivity index (χ3v) is 3.97. The highest BCUT2D eigenvalue weighted by atomic mass is 79.9. The summed E-state index contributed by atoms with van der Waals surface area (Å²) in [5.41, 5.74) is 0.632. The summed E-state index contributed by atoms with van der Waals surface area (Å²) >= 11 is 3.39. The number of likely N-dealkylation sites (N-methyl/N-ethyl adjacent to an activating group) is 1. The molecule has 5 nitrogen and oxygen atoms in total. The molecule has 1 N–H and O–H groups in total. The fraction of sp³-hybridized carbons (Fsp3) is 0.571. The minimum absolute atomic E-state index is 0.0625. The largest absolute Gasteiger partial charge is 0.372 e. The Morgan fingerprint density at radius 1 is 1.60 bits per heavy atom. The highest BCUT2D eigenvalue weighted by Gasteiger charge is 2.31. The van der Waals surface area contributed by atoms with Crippen molar-refractivity contribution in [1.82, 2.24) is 14.8 Å². The Hall–Kier alpha value is -1.14. The van der Waals surface area contributed by atoms with Gasteiger partial charge in [0, 0.05) is 36.8 Å². The zero-order valence-electron chi connectivity index (χ0n) is 12.2. The molecule has 0 bridgehead atoms. The number of rotatable bonds is 4. The van der Waals surface area contributed by atoms with Crippen LogP contribution in [0.3, 0.4) is 0 Å². The molecule has 1 aromatic rings. The molecule has 1 atom stereocenters. The first-order valence-corrected chi connectivity index (χ1v) is 7.61. The molecule has 2 rings (SSSR count). The minimum atomic E-state index is 0.0625. The molecule has 0 saturated carbocycles. The van der Waals surface area contributed by atoms with E-state index in [-0.39, 0.29) is 5.91 Å². The molecule has 0 aliphatic carbocycles. The summed E-state index contributed by atoms with van der Waals surface area (Å²) in [5, 5.41) is 2.99. The standard InChI is InChI=1S/C14H21BrN4O/c1-16-13-12(7-10(15)8-17-13)14(20)19-6-4-5-11(19)9-18(2)3/h7-8,11H,4-6,9H2,1-3H3,(H,16,17). The monoisotopic (exact) mass is 340 g/mol. The summed E-state index contributed by atoms with van der Waals surface area (Å²) in [6.45, 7) is 1.73. The SMILES string of the molecule is CNc1ncc(Br)cc1C(=O)N1CCCC1CN(C)C. The Morgan fingerprint density at radius 2 is 2.35 bits per heavy atom. The lowest BCUT2D eigenvalue weighted by Crippen LogP contribution is -2.41. The number of likely N-dealkylation sites (tertiary alicyclic amines) is 1. The molecule has 1 saturated heterocycles. The number of amides is 1. The van der Waals surface area contributed by atoms with Gasteiger partial charge in [-0.15, -0.1) is 0 Å². The maximum Gasteiger partial charge on any atom is 0.257 e. The molecule has 1 aromatic heterocycles. The molecule has 20 heavy (non-hydrogen) atoms. The summed E-state index contributed by atoms with van der Waals surface area (Å²) in [6, 6.07) is 2.13. The molecule has 0 spiro atoms. The molecule has 2 heterocycles. The Kier molecular flexibility index (Phi) is 4.99. The maximum absolute atomic E-state index is 12.8. The van der Waals surface area contributed by atoms with Gasteiger partial charge in [-0.25, -0.2) is 4.98 Å². The van der Waals surface area contributed by atoms with Gasteiger partial charge in [-0.1, -0.05) is 0 Å². The van der Waals surface area contributed by atoms with Gasteiger partial charge in [0.15, 0.2) is 0 Å². The molecule has 1 unspecified atom stereocenters. The van der Waals surface area contributed by atoms with Gasteiger partial charge in [0.1, 0.15) is 5.82 Å². The summed E-state index contributed by atoms with van der Waals surface area (Å²) in [6.07, 6.45) is 3.84. The normalized spacial score (nSPS) is 18.6. The van der Waals surface area contributed by atoms with E-state index in [9.17, 15) is 4.79 Å². The van der Waals surface area contributed by atoms with Gasteiger partial charge in [0.2, 0.25) is 0 Å². The average molecular weight is 341 g/mol. The van der Waals surface area contributed by atoms with Crippen molar-refractivity contribution in [2.24, 2.45) is 0 Å². The molecule has 1 aliphatic rings. The van der Waals surface area contributed by atoms with Crippen molar-refractivity contribution in [2.75, 3.05) is 39.5 Å². The smallest absolute Gasteiger partial charge is 0.257 e. The first kappa shape index (κ1) is 15.3. The Labute approximate surface area is 128 Å². The third kappa shape index (κ3) is 3.30. The number of nitrogens with zero attached hydrogens (tertiary/aromatic N) is 3. The predicted octanol–water partition coefficient (Wildman–Crippen LogP) is 2.05. The number of hydrogen-bond donors (Lipinski definition) is 1. The molecule has 1 fully saturated rings. The van der Waals surface area contributed by atoms with Gasteiger partial charge in [-0.2, -0.15) is 0 Å². The lowest BCUT2D eigenvalue weighted by molar-refractivity contribution is 0.0717. The molecule has 0 radical (unpaired) electrons. The lowest BCUT2D eigenvalue weighted by atomic mass is 10.1. The minimum Gasteiger partial charge on any atom is -0.372 e. The first-order chi connectivity index (χ1) is 9.52. The van der Waals surface area contributed by atoms with E-state index in [4.69, 9.17) is 0 Å². The molecule has 110 valence electrons. The third-order valence-electron chi connectivity index (χ3n) is 3.54. The lowest BCUT2D eigenvalue weighted by Gasteiger charge is -2.27. The number of aromatic nitrogens is 1. The van der Waals surface area contributed by atoms with Crippen molar-refractivity contribution in [1.29, 1.82) is 0 Å². The molecular weight excluding hydrogens is 320 g/mol. The highest BCUT2D eigenvalue weighted by Crippen LogP contribution is 2.25. The van der Waals surface area contributed by atoms with Crippen molar-refractivity contribution >= 4 is 27.7 Å². The Balaban J connectivity index is 2.24. The van der Waals surface area contributed by atoms with Crippen LogP contribution in [0.4, 0.5) is 5.82 Å². The second-order valence-corrected chi connectivity index (χ2v) is 6.27. The quantitative estimate of drug-likeness (QED) is 0.911. The van der Waals surface area contributed by atoms with Crippen LogP contribution in [0.25, 0.3) is 0 Å². The number of pyridine rings is 1. The van der Waals surface area contributed by atoms with E-state index >= 15 is 0 Å². The van der Waals surface area contributed by atoms with Crippen LogP contribution >= 0.6 is 15.9 Å². The van der Waals surface area contributed by atoms with Crippen LogP contribution in [0.1, 0.15) is 23.2 Å². The van der Waals surface area contributed by atoms with E-state index in [2.05, 4.69) is 31.1 Å². The van der Waals surface area contributed by atoms with Crippen LogP contribution in [0, 0.1) is 0 Å². The molecule has 1 aliphatic heterocycles. The molecule has 6 heteroatoms. The van der Waals surface area contributed by atoms with Gasteiger partial charge in [-0.3, -0.25) is 4.79 Å². The van der Waals surface area contributed by atoms with Gasteiger partial charge in [-0.05, 0) is 48.9 Å². The topological polar surface area (TPSA) is 48.5 Å². The highest BCUT2D eigenvalue weighted by molar-refractivity contribution is 9.10. The van der Waals surface area contributed by atoms with E-state index < -0.39 is 0 Å². The Bertz CT molecular complexity index is 492. The van der Waals surface area contributed by atoms with Gasteiger partial charge in [0.25, 0.3) is 5.91 Å². The van der Waals surface area contributed by atoms with E-state index in [0.717, 1.165) is 30.4 Å². The van der Waals surface area contributed by atoms with E-state index in [1.807, 2.05) is 25.1 Å². The van der Waals surface area contributed by atoms with E-state index in [1.165, 1.54) is 0 Å².